The highest BCUT2D eigenvalue weighted by Crippen LogP contribution is 2.31. The maximum Gasteiger partial charge on any atom is 0.154 e. The first-order chi connectivity index (χ1) is 8.31. The molecule has 0 aliphatic heterocycles. The second-order valence-electron chi connectivity index (χ2n) is 4.80. The van der Waals surface area contributed by atoms with Crippen molar-refractivity contribution in [3.63, 3.8) is 0 Å². The Kier molecular flexibility index (Phi) is 2.50. The van der Waals surface area contributed by atoms with Gasteiger partial charge >= 0.3 is 0 Å². The van der Waals surface area contributed by atoms with Crippen molar-refractivity contribution < 1.29 is 0 Å². The molecule has 1 aliphatic rings. The lowest BCUT2D eigenvalue weighted by Crippen LogP contribution is -2.08. The molecule has 0 aromatic carbocycles. The SMILES string of the molecule is CCCc1nc2c(c3[nH]nc(N)c13)CCCC2. The summed E-state index contributed by atoms with van der Waals surface area (Å²) in [6.07, 6.45) is 6.77. The van der Waals surface area contributed by atoms with Crippen LogP contribution in [0.25, 0.3) is 10.9 Å². The topological polar surface area (TPSA) is 67.6 Å². The van der Waals surface area contributed by atoms with Gasteiger partial charge in [0.05, 0.1) is 16.6 Å². The van der Waals surface area contributed by atoms with E-state index in [1.807, 2.05) is 0 Å². The number of nitrogens with zero attached hydrogens (tertiary/aromatic N) is 2. The second kappa shape index (κ2) is 4.02. The Balaban J connectivity index is 2.29. The predicted molar refractivity (Wildman–Crippen MR) is 68.9 cm³/mol. The number of H-pyrrole nitrogens is 1. The molecule has 4 nitrogen and oxygen atoms in total. The fourth-order valence-corrected chi connectivity index (χ4v) is 2.79. The number of nitrogens with two attached hydrogens (primary N) is 1. The molecule has 0 saturated carbocycles. The van der Waals surface area contributed by atoms with Gasteiger partial charge in [0, 0.05) is 5.69 Å². The van der Waals surface area contributed by atoms with Crippen LogP contribution in [0.4, 0.5) is 5.82 Å². The van der Waals surface area contributed by atoms with Crippen molar-refractivity contribution in [3.8, 4) is 0 Å². The van der Waals surface area contributed by atoms with Crippen molar-refractivity contribution in [2.45, 2.75) is 45.4 Å². The molecule has 0 spiro atoms. The smallest absolute Gasteiger partial charge is 0.154 e. The standard InChI is InChI=1S/C13H18N4/c1-2-5-10-11-12(16-17-13(11)14)8-6-3-4-7-9(8)15-10/h2-7H2,1H3,(H3,14,16,17). The molecule has 2 aromatic rings. The van der Waals surface area contributed by atoms with Crippen LogP contribution in [0.5, 0.6) is 0 Å². The molecule has 2 heterocycles. The van der Waals surface area contributed by atoms with E-state index in [9.17, 15) is 0 Å². The lowest BCUT2D eigenvalue weighted by Gasteiger charge is -2.17. The minimum Gasteiger partial charge on any atom is -0.382 e. The monoisotopic (exact) mass is 230 g/mol. The normalized spacial score (nSPS) is 15.1. The number of nitrogens with one attached hydrogen (secondary N) is 1. The van der Waals surface area contributed by atoms with Gasteiger partial charge < -0.3 is 5.73 Å². The van der Waals surface area contributed by atoms with Crippen LogP contribution < -0.4 is 5.73 Å². The van der Waals surface area contributed by atoms with Gasteiger partial charge in [-0.3, -0.25) is 10.1 Å². The van der Waals surface area contributed by atoms with Crippen molar-refractivity contribution in [1.29, 1.82) is 0 Å². The van der Waals surface area contributed by atoms with E-state index in [4.69, 9.17) is 10.7 Å². The summed E-state index contributed by atoms with van der Waals surface area (Å²) >= 11 is 0. The van der Waals surface area contributed by atoms with Crippen LogP contribution in [-0.4, -0.2) is 15.2 Å². The summed E-state index contributed by atoms with van der Waals surface area (Å²) < 4.78 is 0. The Labute approximate surface area is 101 Å². The second-order valence-corrected chi connectivity index (χ2v) is 4.80. The third-order valence-corrected chi connectivity index (χ3v) is 3.58. The number of rotatable bonds is 2. The number of hydrogen-bond acceptors (Lipinski definition) is 3. The average molecular weight is 230 g/mol. The highest BCUT2D eigenvalue weighted by Gasteiger charge is 2.19. The number of anilines is 1. The molecule has 0 atom stereocenters. The van der Waals surface area contributed by atoms with Gasteiger partial charge in [-0.15, -0.1) is 0 Å². The number of aromatic nitrogens is 3. The minimum atomic E-state index is 0.601. The van der Waals surface area contributed by atoms with E-state index in [-0.39, 0.29) is 0 Å². The summed E-state index contributed by atoms with van der Waals surface area (Å²) in [5, 5.41) is 8.32. The molecule has 90 valence electrons. The van der Waals surface area contributed by atoms with Crippen LogP contribution in [0.3, 0.4) is 0 Å². The highest BCUT2D eigenvalue weighted by molar-refractivity contribution is 5.93. The van der Waals surface area contributed by atoms with Gasteiger partial charge in [-0.1, -0.05) is 13.3 Å². The summed E-state index contributed by atoms with van der Waals surface area (Å²) in [5.74, 6) is 0.601. The van der Waals surface area contributed by atoms with Crippen LogP contribution in [0.15, 0.2) is 0 Å². The molecule has 17 heavy (non-hydrogen) atoms. The minimum absolute atomic E-state index is 0.601. The molecule has 0 unspecified atom stereocenters. The zero-order valence-corrected chi connectivity index (χ0v) is 10.2. The first-order valence-electron chi connectivity index (χ1n) is 6.45. The molecule has 1 aliphatic carbocycles. The molecule has 0 bridgehead atoms. The van der Waals surface area contributed by atoms with Gasteiger partial charge in [0.15, 0.2) is 5.82 Å². The quantitative estimate of drug-likeness (QED) is 0.832. The average Bonchev–Trinajstić information content (AvgIpc) is 2.73. The maximum atomic E-state index is 5.96. The number of aromatic amines is 1. The van der Waals surface area contributed by atoms with Gasteiger partial charge in [-0.2, -0.15) is 5.10 Å². The largest absolute Gasteiger partial charge is 0.382 e. The van der Waals surface area contributed by atoms with Gasteiger partial charge in [-0.25, -0.2) is 0 Å². The Bertz CT molecular complexity index is 556. The molecular formula is C13H18N4. The summed E-state index contributed by atoms with van der Waals surface area (Å²) in [6, 6.07) is 0. The molecule has 0 amide bonds. The first-order valence-corrected chi connectivity index (χ1v) is 6.45. The molecule has 4 heteroatoms. The van der Waals surface area contributed by atoms with E-state index >= 15 is 0 Å². The summed E-state index contributed by atoms with van der Waals surface area (Å²) in [6.45, 7) is 2.17. The zero-order chi connectivity index (χ0) is 11.8. The number of fused-ring (bicyclic) bond motifs is 3. The first kappa shape index (κ1) is 10.6. The summed E-state index contributed by atoms with van der Waals surface area (Å²) in [7, 11) is 0. The van der Waals surface area contributed by atoms with E-state index in [0.29, 0.717) is 5.82 Å². The van der Waals surface area contributed by atoms with Crippen LogP contribution in [0, 0.1) is 0 Å². The van der Waals surface area contributed by atoms with Gasteiger partial charge in [-0.05, 0) is 37.7 Å². The van der Waals surface area contributed by atoms with Gasteiger partial charge in [0.1, 0.15) is 0 Å². The van der Waals surface area contributed by atoms with Gasteiger partial charge in [0.2, 0.25) is 0 Å². The van der Waals surface area contributed by atoms with Gasteiger partial charge in [0.25, 0.3) is 0 Å². The molecular weight excluding hydrogens is 212 g/mol. The molecule has 0 saturated heterocycles. The van der Waals surface area contributed by atoms with Crippen LogP contribution in [-0.2, 0) is 19.3 Å². The van der Waals surface area contributed by atoms with E-state index < -0.39 is 0 Å². The van der Waals surface area contributed by atoms with Crippen LogP contribution in [0.1, 0.15) is 43.1 Å². The molecule has 0 fully saturated rings. The summed E-state index contributed by atoms with van der Waals surface area (Å²) in [5.41, 5.74) is 10.8. The Morgan fingerprint density at radius 1 is 1.29 bits per heavy atom. The van der Waals surface area contributed by atoms with E-state index in [1.165, 1.54) is 24.1 Å². The number of hydrogen-bond donors (Lipinski definition) is 2. The molecule has 3 rings (SSSR count). The number of nitrogen functional groups attached to an aromatic ring is 1. The number of pyridine rings is 1. The van der Waals surface area contributed by atoms with Crippen molar-refractivity contribution in [2.75, 3.05) is 5.73 Å². The summed E-state index contributed by atoms with van der Waals surface area (Å²) in [4.78, 5) is 4.82. The lowest BCUT2D eigenvalue weighted by molar-refractivity contribution is 0.666. The fourth-order valence-electron chi connectivity index (χ4n) is 2.79. The van der Waals surface area contributed by atoms with Crippen molar-refractivity contribution in [3.05, 3.63) is 17.0 Å². The van der Waals surface area contributed by atoms with Crippen LogP contribution in [0.2, 0.25) is 0 Å². The lowest BCUT2D eigenvalue weighted by atomic mass is 9.93. The van der Waals surface area contributed by atoms with Crippen molar-refractivity contribution in [2.24, 2.45) is 0 Å². The van der Waals surface area contributed by atoms with Crippen LogP contribution >= 0.6 is 0 Å². The van der Waals surface area contributed by atoms with Crippen molar-refractivity contribution >= 4 is 16.7 Å². The number of aryl methyl sites for hydroxylation is 3. The molecule has 2 aromatic heterocycles. The zero-order valence-electron chi connectivity index (χ0n) is 10.2. The van der Waals surface area contributed by atoms with E-state index in [2.05, 4.69) is 17.1 Å². The third kappa shape index (κ3) is 1.59. The Morgan fingerprint density at radius 2 is 2.12 bits per heavy atom. The Morgan fingerprint density at radius 3 is 2.94 bits per heavy atom. The fraction of sp³-hybridized carbons (Fsp3) is 0.538. The maximum absolute atomic E-state index is 5.96. The van der Waals surface area contributed by atoms with Crippen molar-refractivity contribution in [1.82, 2.24) is 15.2 Å². The predicted octanol–water partition coefficient (Wildman–Crippen LogP) is 2.37. The Hall–Kier alpha value is -1.58. The highest BCUT2D eigenvalue weighted by atomic mass is 15.2. The molecule has 0 radical (unpaired) electrons. The third-order valence-electron chi connectivity index (χ3n) is 3.58. The molecule has 3 N–H and O–H groups in total. The van der Waals surface area contributed by atoms with E-state index in [0.717, 1.165) is 42.3 Å². The van der Waals surface area contributed by atoms with E-state index in [1.54, 1.807) is 0 Å².